The zero-order chi connectivity index (χ0) is 12.6. The summed E-state index contributed by atoms with van der Waals surface area (Å²) in [5, 5.41) is 3.92. The van der Waals surface area contributed by atoms with Gasteiger partial charge in [-0.3, -0.25) is 4.79 Å². The Kier molecular flexibility index (Phi) is 8.02. The highest BCUT2D eigenvalue weighted by atomic mass is 79.9. The molecular formula is C12H24BrNO2. The molecule has 0 aromatic heterocycles. The minimum atomic E-state index is -0.0191. The van der Waals surface area contributed by atoms with E-state index in [2.05, 4.69) is 42.0 Å². The average Bonchev–Trinajstić information content (AvgIpc) is 2.16. The van der Waals surface area contributed by atoms with E-state index in [1.165, 1.54) is 0 Å². The number of carbonyl (C=O) groups excluding carboxylic acids is 1. The van der Waals surface area contributed by atoms with E-state index in [0.29, 0.717) is 6.61 Å². The van der Waals surface area contributed by atoms with E-state index in [-0.39, 0.29) is 24.0 Å². The fourth-order valence-electron chi connectivity index (χ4n) is 1.38. The molecule has 0 aromatic carbocycles. The Morgan fingerprint density at radius 3 is 2.50 bits per heavy atom. The van der Waals surface area contributed by atoms with Crippen LogP contribution < -0.4 is 5.32 Å². The summed E-state index contributed by atoms with van der Waals surface area (Å²) < 4.78 is 5.21. The van der Waals surface area contributed by atoms with Crippen molar-refractivity contribution in [3.05, 3.63) is 0 Å². The molecule has 0 fully saturated rings. The number of rotatable bonds is 7. The Morgan fingerprint density at radius 2 is 2.06 bits per heavy atom. The van der Waals surface area contributed by atoms with E-state index in [9.17, 15) is 4.79 Å². The molecule has 3 nitrogen and oxygen atoms in total. The summed E-state index contributed by atoms with van der Waals surface area (Å²) >= 11 is 3.41. The van der Waals surface area contributed by atoms with Crippen LogP contribution in [0.1, 0.15) is 40.5 Å². The van der Waals surface area contributed by atoms with E-state index in [1.54, 1.807) is 0 Å². The first kappa shape index (κ1) is 15.9. The quantitative estimate of drug-likeness (QED) is 0.579. The molecule has 0 rings (SSSR count). The van der Waals surface area contributed by atoms with Crippen LogP contribution in [0.4, 0.5) is 0 Å². The fraction of sp³-hybridized carbons (Fsp3) is 0.917. The molecule has 1 amide bonds. The van der Waals surface area contributed by atoms with Crippen LogP contribution in [0.25, 0.3) is 0 Å². The maximum Gasteiger partial charge on any atom is 0.246 e. The molecule has 16 heavy (non-hydrogen) atoms. The predicted molar refractivity (Wildman–Crippen MR) is 70.9 cm³/mol. The predicted octanol–water partition coefficient (Wildman–Crippen LogP) is 2.73. The monoisotopic (exact) mass is 293 g/mol. The molecule has 0 aliphatic rings. The highest BCUT2D eigenvalue weighted by molar-refractivity contribution is 9.09. The lowest BCUT2D eigenvalue weighted by Crippen LogP contribution is -2.45. The van der Waals surface area contributed by atoms with Crippen LogP contribution in [0.15, 0.2) is 0 Å². The molecule has 0 radical (unpaired) electrons. The third kappa shape index (κ3) is 7.23. The summed E-state index contributed by atoms with van der Waals surface area (Å²) in [6.45, 7) is 9.24. The van der Waals surface area contributed by atoms with Crippen LogP contribution in [0.5, 0.6) is 0 Å². The second-order valence-electron chi connectivity index (χ2n) is 5.02. The first-order chi connectivity index (χ1) is 7.41. The number of hydrogen-bond acceptors (Lipinski definition) is 2. The Balaban J connectivity index is 4.04. The van der Waals surface area contributed by atoms with Gasteiger partial charge < -0.3 is 10.1 Å². The number of hydrogen-bond donors (Lipinski definition) is 1. The third-order valence-electron chi connectivity index (χ3n) is 2.36. The van der Waals surface area contributed by atoms with Gasteiger partial charge in [-0.15, -0.1) is 0 Å². The summed E-state index contributed by atoms with van der Waals surface area (Å²) in [5.74, 6) is -0.0191. The number of halogens is 1. The van der Waals surface area contributed by atoms with Crippen molar-refractivity contribution in [2.75, 3.05) is 18.5 Å². The van der Waals surface area contributed by atoms with E-state index < -0.39 is 0 Å². The van der Waals surface area contributed by atoms with Crippen LogP contribution in [0.2, 0.25) is 0 Å². The van der Waals surface area contributed by atoms with Gasteiger partial charge in [0, 0.05) is 18.0 Å². The largest absolute Gasteiger partial charge is 0.372 e. The van der Waals surface area contributed by atoms with Crippen molar-refractivity contribution in [3.8, 4) is 0 Å². The summed E-state index contributed by atoms with van der Waals surface area (Å²) in [4.78, 5) is 11.6. The molecular weight excluding hydrogens is 270 g/mol. The molecule has 1 N–H and O–H groups in total. The number of alkyl halides is 1. The first-order valence-corrected chi connectivity index (χ1v) is 6.97. The molecule has 0 aliphatic carbocycles. The van der Waals surface area contributed by atoms with Crippen LogP contribution in [-0.4, -0.2) is 30.5 Å². The van der Waals surface area contributed by atoms with Gasteiger partial charge in [0.2, 0.25) is 5.91 Å². The van der Waals surface area contributed by atoms with Crippen molar-refractivity contribution in [2.24, 2.45) is 5.41 Å². The minimum absolute atomic E-state index is 0.0191. The molecule has 0 spiro atoms. The van der Waals surface area contributed by atoms with Gasteiger partial charge in [-0.05, 0) is 18.3 Å². The lowest BCUT2D eigenvalue weighted by atomic mass is 9.85. The number of nitrogens with one attached hydrogen (secondary N) is 1. The molecule has 4 heteroatoms. The molecule has 1 atom stereocenters. The number of amides is 1. The average molecular weight is 294 g/mol. The molecule has 0 bridgehead atoms. The molecule has 0 aliphatic heterocycles. The van der Waals surface area contributed by atoms with Crippen molar-refractivity contribution in [3.63, 3.8) is 0 Å². The Labute approximate surface area is 107 Å². The van der Waals surface area contributed by atoms with E-state index in [0.717, 1.165) is 18.2 Å². The summed E-state index contributed by atoms with van der Waals surface area (Å²) in [7, 11) is 0. The summed E-state index contributed by atoms with van der Waals surface area (Å²) in [6, 6.07) is 0.185. The Hall–Kier alpha value is -0.0900. The van der Waals surface area contributed by atoms with Crippen LogP contribution >= 0.6 is 15.9 Å². The molecule has 96 valence electrons. The zero-order valence-electron chi connectivity index (χ0n) is 10.8. The molecule has 0 saturated heterocycles. The van der Waals surface area contributed by atoms with Gasteiger partial charge in [0.25, 0.3) is 0 Å². The van der Waals surface area contributed by atoms with Crippen molar-refractivity contribution >= 4 is 21.8 Å². The van der Waals surface area contributed by atoms with Gasteiger partial charge in [-0.25, -0.2) is 0 Å². The van der Waals surface area contributed by atoms with E-state index in [1.807, 2.05) is 6.92 Å². The highest BCUT2D eigenvalue weighted by Crippen LogP contribution is 2.22. The topological polar surface area (TPSA) is 38.3 Å². The van der Waals surface area contributed by atoms with Crippen molar-refractivity contribution < 1.29 is 9.53 Å². The molecule has 0 aromatic rings. The molecule has 1 unspecified atom stereocenters. The summed E-state index contributed by atoms with van der Waals surface area (Å²) in [6.07, 6.45) is 1.88. The Bertz CT molecular complexity index is 202. The number of carbonyl (C=O) groups is 1. The zero-order valence-corrected chi connectivity index (χ0v) is 12.4. The van der Waals surface area contributed by atoms with Crippen LogP contribution in [0.3, 0.4) is 0 Å². The van der Waals surface area contributed by atoms with Crippen molar-refractivity contribution in [1.29, 1.82) is 0 Å². The van der Waals surface area contributed by atoms with E-state index >= 15 is 0 Å². The lowest BCUT2D eigenvalue weighted by molar-refractivity contribution is -0.127. The van der Waals surface area contributed by atoms with Gasteiger partial charge in [0.05, 0.1) is 0 Å². The van der Waals surface area contributed by atoms with Gasteiger partial charge in [0.1, 0.15) is 6.61 Å². The maximum absolute atomic E-state index is 11.6. The SMILES string of the molecule is CCCOCC(=O)NC(CCBr)C(C)(C)C. The Morgan fingerprint density at radius 1 is 1.44 bits per heavy atom. The van der Waals surface area contributed by atoms with Gasteiger partial charge in [-0.2, -0.15) is 0 Å². The second-order valence-corrected chi connectivity index (χ2v) is 5.81. The van der Waals surface area contributed by atoms with Crippen molar-refractivity contribution in [1.82, 2.24) is 5.32 Å². The second kappa shape index (κ2) is 8.07. The normalized spacial score (nSPS) is 13.6. The standard InChI is InChI=1S/C12H24BrNO2/c1-5-8-16-9-11(15)14-10(6-7-13)12(2,3)4/h10H,5-9H2,1-4H3,(H,14,15). The lowest BCUT2D eigenvalue weighted by Gasteiger charge is -2.31. The van der Waals surface area contributed by atoms with Crippen LogP contribution in [-0.2, 0) is 9.53 Å². The fourth-order valence-corrected chi connectivity index (χ4v) is 1.83. The number of ether oxygens (including phenoxy) is 1. The van der Waals surface area contributed by atoms with E-state index in [4.69, 9.17) is 4.74 Å². The van der Waals surface area contributed by atoms with Crippen molar-refractivity contribution in [2.45, 2.75) is 46.6 Å². The van der Waals surface area contributed by atoms with Gasteiger partial charge in [-0.1, -0.05) is 43.6 Å². The minimum Gasteiger partial charge on any atom is -0.372 e. The maximum atomic E-state index is 11.6. The summed E-state index contributed by atoms with van der Waals surface area (Å²) in [5.41, 5.74) is 0.0776. The highest BCUT2D eigenvalue weighted by Gasteiger charge is 2.25. The molecule has 0 heterocycles. The first-order valence-electron chi connectivity index (χ1n) is 5.84. The van der Waals surface area contributed by atoms with Gasteiger partial charge >= 0.3 is 0 Å². The van der Waals surface area contributed by atoms with Gasteiger partial charge in [0.15, 0.2) is 0 Å². The third-order valence-corrected chi connectivity index (χ3v) is 2.82. The molecule has 0 saturated carbocycles. The van der Waals surface area contributed by atoms with Crippen LogP contribution in [0, 0.1) is 5.41 Å². The smallest absolute Gasteiger partial charge is 0.246 e.